The molecule has 0 saturated heterocycles. The van der Waals surface area contributed by atoms with E-state index in [-0.39, 0.29) is 5.91 Å². The number of amides is 1. The Bertz CT molecular complexity index is 425. The second-order valence-corrected chi connectivity index (χ2v) is 5.31. The summed E-state index contributed by atoms with van der Waals surface area (Å²) < 4.78 is 0. The number of likely N-dealkylation sites (N-methyl/N-ethyl adjacent to an activating group) is 1. The van der Waals surface area contributed by atoms with E-state index in [1.807, 2.05) is 13.8 Å². The van der Waals surface area contributed by atoms with E-state index in [9.17, 15) is 4.79 Å². The summed E-state index contributed by atoms with van der Waals surface area (Å²) >= 11 is 0. The minimum absolute atomic E-state index is 0.0373. The molecule has 0 aliphatic carbocycles. The minimum Gasteiger partial charge on any atom is -0.354 e. The Morgan fingerprint density at radius 1 is 1.28 bits per heavy atom. The van der Waals surface area contributed by atoms with E-state index in [4.69, 9.17) is 0 Å². The fraction of sp³-hybridized carbons (Fsp3) is 0.533. The van der Waals surface area contributed by atoms with Crippen molar-refractivity contribution < 1.29 is 4.79 Å². The van der Waals surface area contributed by atoms with Crippen LogP contribution in [0.3, 0.4) is 0 Å². The van der Waals surface area contributed by atoms with Crippen LogP contribution in [0, 0.1) is 13.8 Å². The quantitative estimate of drug-likeness (QED) is 0.836. The molecule has 0 aliphatic heterocycles. The molecule has 0 bridgehead atoms. The predicted octanol–water partition coefficient (Wildman–Crippen LogP) is 1.96. The standard InChI is InChI=1S/C15H24N2O/c1-11-6-7-12(2)13(10-11)8-9-17-14(18)15(3,4)16-5/h6-7,10,16H,8-9H2,1-5H3,(H,17,18). The maximum absolute atomic E-state index is 11.9. The molecule has 0 aromatic heterocycles. The SMILES string of the molecule is CNC(C)(C)C(=O)NCCc1cc(C)ccc1C. The van der Waals surface area contributed by atoms with E-state index in [1.165, 1.54) is 16.7 Å². The van der Waals surface area contributed by atoms with Crippen LogP contribution < -0.4 is 10.6 Å². The van der Waals surface area contributed by atoms with Gasteiger partial charge in [0, 0.05) is 6.54 Å². The molecule has 3 nitrogen and oxygen atoms in total. The van der Waals surface area contributed by atoms with Crippen LogP contribution in [0.1, 0.15) is 30.5 Å². The van der Waals surface area contributed by atoms with Crippen molar-refractivity contribution in [1.82, 2.24) is 10.6 Å². The first-order chi connectivity index (χ1) is 8.36. The molecule has 0 spiro atoms. The van der Waals surface area contributed by atoms with Gasteiger partial charge in [-0.1, -0.05) is 23.8 Å². The van der Waals surface area contributed by atoms with Gasteiger partial charge in [0.15, 0.2) is 0 Å². The Hall–Kier alpha value is -1.35. The van der Waals surface area contributed by atoms with Crippen molar-refractivity contribution in [3.63, 3.8) is 0 Å². The highest BCUT2D eigenvalue weighted by Crippen LogP contribution is 2.11. The summed E-state index contributed by atoms with van der Waals surface area (Å²) in [6, 6.07) is 6.43. The average Bonchev–Trinajstić information content (AvgIpc) is 2.33. The molecule has 1 rings (SSSR count). The largest absolute Gasteiger partial charge is 0.354 e. The van der Waals surface area contributed by atoms with Gasteiger partial charge < -0.3 is 10.6 Å². The summed E-state index contributed by atoms with van der Waals surface area (Å²) in [4.78, 5) is 11.9. The second-order valence-electron chi connectivity index (χ2n) is 5.31. The van der Waals surface area contributed by atoms with E-state index in [0.717, 1.165) is 6.42 Å². The normalized spacial score (nSPS) is 11.4. The van der Waals surface area contributed by atoms with Crippen molar-refractivity contribution in [1.29, 1.82) is 0 Å². The molecule has 0 atom stereocenters. The summed E-state index contributed by atoms with van der Waals surface area (Å²) in [7, 11) is 1.80. The van der Waals surface area contributed by atoms with Gasteiger partial charge in [0.1, 0.15) is 0 Å². The number of nitrogens with one attached hydrogen (secondary N) is 2. The smallest absolute Gasteiger partial charge is 0.239 e. The van der Waals surface area contributed by atoms with Gasteiger partial charge in [0.2, 0.25) is 5.91 Å². The van der Waals surface area contributed by atoms with Crippen molar-refractivity contribution >= 4 is 5.91 Å². The molecule has 0 fully saturated rings. The van der Waals surface area contributed by atoms with Gasteiger partial charge in [0.25, 0.3) is 0 Å². The molecule has 1 aromatic carbocycles. The zero-order chi connectivity index (χ0) is 13.8. The molecule has 1 aromatic rings. The lowest BCUT2D eigenvalue weighted by Crippen LogP contribution is -2.51. The third-order valence-electron chi connectivity index (χ3n) is 3.38. The first-order valence-electron chi connectivity index (χ1n) is 6.40. The molecular weight excluding hydrogens is 224 g/mol. The van der Waals surface area contributed by atoms with Crippen LogP contribution in [-0.2, 0) is 11.2 Å². The van der Waals surface area contributed by atoms with Crippen LogP contribution >= 0.6 is 0 Å². The maximum atomic E-state index is 11.9. The number of rotatable bonds is 5. The van der Waals surface area contributed by atoms with Crippen LogP contribution in [0.2, 0.25) is 0 Å². The zero-order valence-electron chi connectivity index (χ0n) is 12.1. The molecule has 1 amide bonds. The summed E-state index contributed by atoms with van der Waals surface area (Å²) in [5.74, 6) is 0.0373. The van der Waals surface area contributed by atoms with Crippen molar-refractivity contribution in [2.24, 2.45) is 0 Å². The maximum Gasteiger partial charge on any atom is 0.239 e. The summed E-state index contributed by atoms with van der Waals surface area (Å²) in [5.41, 5.74) is 3.33. The summed E-state index contributed by atoms with van der Waals surface area (Å²) in [5, 5.41) is 5.97. The van der Waals surface area contributed by atoms with Crippen LogP contribution in [0.5, 0.6) is 0 Å². The van der Waals surface area contributed by atoms with Gasteiger partial charge in [-0.05, 0) is 52.3 Å². The van der Waals surface area contributed by atoms with Crippen LogP contribution in [0.15, 0.2) is 18.2 Å². The Kier molecular flexibility index (Phi) is 4.91. The predicted molar refractivity (Wildman–Crippen MR) is 75.8 cm³/mol. The van der Waals surface area contributed by atoms with E-state index >= 15 is 0 Å². The molecule has 3 heteroatoms. The molecular formula is C15H24N2O. The summed E-state index contributed by atoms with van der Waals surface area (Å²) in [6.07, 6.45) is 0.874. The molecule has 0 heterocycles. The van der Waals surface area contributed by atoms with Gasteiger partial charge in [-0.15, -0.1) is 0 Å². The van der Waals surface area contributed by atoms with E-state index < -0.39 is 5.54 Å². The lowest BCUT2D eigenvalue weighted by molar-refractivity contribution is -0.126. The Morgan fingerprint density at radius 3 is 2.56 bits per heavy atom. The molecule has 0 radical (unpaired) electrons. The van der Waals surface area contributed by atoms with Crippen molar-refractivity contribution in [3.05, 3.63) is 34.9 Å². The number of carbonyl (C=O) groups excluding carboxylic acids is 1. The lowest BCUT2D eigenvalue weighted by Gasteiger charge is -2.22. The molecule has 18 heavy (non-hydrogen) atoms. The number of carbonyl (C=O) groups is 1. The van der Waals surface area contributed by atoms with Gasteiger partial charge in [-0.3, -0.25) is 4.79 Å². The highest BCUT2D eigenvalue weighted by atomic mass is 16.2. The molecule has 0 saturated carbocycles. The van der Waals surface area contributed by atoms with Crippen molar-refractivity contribution in [2.45, 2.75) is 39.7 Å². The van der Waals surface area contributed by atoms with Gasteiger partial charge >= 0.3 is 0 Å². The Balaban J connectivity index is 2.52. The monoisotopic (exact) mass is 248 g/mol. The van der Waals surface area contributed by atoms with E-state index in [0.29, 0.717) is 6.54 Å². The fourth-order valence-corrected chi connectivity index (χ4v) is 1.71. The highest BCUT2D eigenvalue weighted by molar-refractivity contribution is 5.85. The first-order valence-corrected chi connectivity index (χ1v) is 6.40. The number of hydrogen-bond acceptors (Lipinski definition) is 2. The summed E-state index contributed by atoms with van der Waals surface area (Å²) in [6.45, 7) is 8.62. The second kappa shape index (κ2) is 6.01. The van der Waals surface area contributed by atoms with Crippen LogP contribution in [-0.4, -0.2) is 25.0 Å². The van der Waals surface area contributed by atoms with E-state index in [1.54, 1.807) is 7.05 Å². The zero-order valence-corrected chi connectivity index (χ0v) is 12.1. The van der Waals surface area contributed by atoms with Gasteiger partial charge in [0.05, 0.1) is 5.54 Å². The number of aryl methyl sites for hydroxylation is 2. The molecule has 100 valence electrons. The molecule has 0 unspecified atom stereocenters. The van der Waals surface area contributed by atoms with Crippen LogP contribution in [0.25, 0.3) is 0 Å². The van der Waals surface area contributed by atoms with Crippen LogP contribution in [0.4, 0.5) is 0 Å². The van der Waals surface area contributed by atoms with Gasteiger partial charge in [-0.2, -0.15) is 0 Å². The Morgan fingerprint density at radius 2 is 1.94 bits per heavy atom. The number of benzene rings is 1. The third-order valence-corrected chi connectivity index (χ3v) is 3.38. The number of hydrogen-bond donors (Lipinski definition) is 2. The highest BCUT2D eigenvalue weighted by Gasteiger charge is 2.24. The fourth-order valence-electron chi connectivity index (χ4n) is 1.71. The lowest BCUT2D eigenvalue weighted by atomic mass is 10.0. The average molecular weight is 248 g/mol. The first kappa shape index (κ1) is 14.7. The van der Waals surface area contributed by atoms with E-state index in [2.05, 4.69) is 42.7 Å². The third kappa shape index (κ3) is 3.84. The van der Waals surface area contributed by atoms with Crippen molar-refractivity contribution in [2.75, 3.05) is 13.6 Å². The van der Waals surface area contributed by atoms with Gasteiger partial charge in [-0.25, -0.2) is 0 Å². The molecule has 0 aliphatic rings. The van der Waals surface area contributed by atoms with Crippen molar-refractivity contribution in [3.8, 4) is 0 Å². The topological polar surface area (TPSA) is 41.1 Å². The molecule has 2 N–H and O–H groups in total. The Labute approximate surface area is 110 Å². The minimum atomic E-state index is -0.512.